The van der Waals surface area contributed by atoms with Crippen LogP contribution >= 0.6 is 22.7 Å². The Bertz CT molecular complexity index is 1030. The Balaban J connectivity index is 1.77. The lowest BCUT2D eigenvalue weighted by Crippen LogP contribution is -2.20. The van der Waals surface area contributed by atoms with Crippen LogP contribution in [-0.2, 0) is 6.54 Å². The topological polar surface area (TPSA) is 73.6 Å². The fourth-order valence-electron chi connectivity index (χ4n) is 2.23. The lowest BCUT2D eigenvalue weighted by Gasteiger charge is -2.01. The van der Waals surface area contributed by atoms with Gasteiger partial charge in [-0.1, -0.05) is 0 Å². The highest BCUT2D eigenvalue weighted by Gasteiger charge is 2.13. The summed E-state index contributed by atoms with van der Waals surface area (Å²) in [4.78, 5) is 29.9. The number of aryl methyl sites for hydroxylation is 1. The van der Waals surface area contributed by atoms with E-state index in [9.17, 15) is 4.79 Å². The van der Waals surface area contributed by atoms with Crippen molar-refractivity contribution in [2.24, 2.45) is 0 Å². The Hall–Kier alpha value is -2.45. The third kappa shape index (κ3) is 2.66. The van der Waals surface area contributed by atoms with E-state index in [2.05, 4.69) is 19.9 Å². The monoisotopic (exact) mass is 341 g/mol. The molecule has 8 heteroatoms. The zero-order valence-corrected chi connectivity index (χ0v) is 13.8. The van der Waals surface area contributed by atoms with Gasteiger partial charge in [-0.25, -0.2) is 15.0 Å². The number of rotatable bonds is 3. The summed E-state index contributed by atoms with van der Waals surface area (Å²) in [7, 11) is 0. The van der Waals surface area contributed by atoms with Gasteiger partial charge in [0.15, 0.2) is 5.65 Å². The maximum atomic E-state index is 12.6. The number of aromatic nitrogens is 5. The molecule has 0 aromatic carbocycles. The third-order valence-corrected chi connectivity index (χ3v) is 5.20. The van der Waals surface area contributed by atoms with Crippen LogP contribution in [0.15, 0.2) is 41.0 Å². The van der Waals surface area contributed by atoms with E-state index in [-0.39, 0.29) is 5.56 Å². The summed E-state index contributed by atoms with van der Waals surface area (Å²) in [6, 6.07) is 3.76. The van der Waals surface area contributed by atoms with Crippen LogP contribution in [-0.4, -0.2) is 24.5 Å². The molecule has 4 aromatic heterocycles. The lowest BCUT2D eigenvalue weighted by atomic mass is 10.3. The summed E-state index contributed by atoms with van der Waals surface area (Å²) in [6.07, 6.45) is 4.97. The normalized spacial score (nSPS) is 11.2. The molecule has 0 bridgehead atoms. The summed E-state index contributed by atoms with van der Waals surface area (Å²) in [5.41, 5.74) is 2.14. The van der Waals surface area contributed by atoms with Crippen molar-refractivity contribution in [2.45, 2.75) is 13.5 Å². The Morgan fingerprint density at radius 2 is 2.22 bits per heavy atom. The number of nitrogens with zero attached hydrogens (tertiary/aromatic N) is 5. The van der Waals surface area contributed by atoms with E-state index in [1.54, 1.807) is 28.3 Å². The molecule has 23 heavy (non-hydrogen) atoms. The summed E-state index contributed by atoms with van der Waals surface area (Å²) >= 11 is 2.91. The second kappa shape index (κ2) is 5.64. The highest BCUT2D eigenvalue weighted by molar-refractivity contribution is 7.21. The zero-order valence-electron chi connectivity index (χ0n) is 12.1. The predicted octanol–water partition coefficient (Wildman–Crippen LogP) is 2.73. The molecule has 0 aliphatic carbocycles. The molecule has 0 aliphatic rings. The molecule has 0 N–H and O–H groups in total. The molecule has 0 spiro atoms. The fraction of sp³-hybridized carbons (Fsp3) is 0.133. The highest BCUT2D eigenvalue weighted by atomic mass is 32.1. The van der Waals surface area contributed by atoms with Crippen molar-refractivity contribution < 1.29 is 0 Å². The van der Waals surface area contributed by atoms with Crippen LogP contribution in [0.25, 0.3) is 20.9 Å². The second-order valence-corrected chi connectivity index (χ2v) is 7.01. The van der Waals surface area contributed by atoms with Crippen LogP contribution in [0.5, 0.6) is 0 Å². The van der Waals surface area contributed by atoms with E-state index in [0.717, 1.165) is 21.3 Å². The Kier molecular flexibility index (Phi) is 3.47. The first kappa shape index (κ1) is 14.2. The molecule has 4 heterocycles. The third-order valence-electron chi connectivity index (χ3n) is 3.29. The average molecular weight is 341 g/mol. The molecule has 0 radical (unpaired) electrons. The Labute approximate surface area is 139 Å². The average Bonchev–Trinajstić information content (AvgIpc) is 3.18. The molecular weight excluding hydrogens is 330 g/mol. The molecule has 0 saturated carbocycles. The first-order valence-corrected chi connectivity index (χ1v) is 8.58. The summed E-state index contributed by atoms with van der Waals surface area (Å²) in [5.74, 6) is 0. The van der Waals surface area contributed by atoms with Crippen molar-refractivity contribution in [1.29, 1.82) is 0 Å². The molecule has 0 amide bonds. The quantitative estimate of drug-likeness (QED) is 0.573. The minimum atomic E-state index is -0.0895. The second-order valence-electron chi connectivity index (χ2n) is 4.95. The fourth-order valence-corrected chi connectivity index (χ4v) is 3.79. The summed E-state index contributed by atoms with van der Waals surface area (Å²) in [6.45, 7) is 2.37. The number of pyridine rings is 1. The van der Waals surface area contributed by atoms with Crippen molar-refractivity contribution in [3.05, 3.63) is 57.3 Å². The van der Waals surface area contributed by atoms with Crippen LogP contribution < -0.4 is 5.56 Å². The smallest absolute Gasteiger partial charge is 0.273 e. The van der Waals surface area contributed by atoms with Crippen molar-refractivity contribution in [2.75, 3.05) is 0 Å². The molecule has 0 unspecified atom stereocenters. The highest BCUT2D eigenvalue weighted by Crippen LogP contribution is 2.26. The molecule has 4 aromatic rings. The van der Waals surface area contributed by atoms with Gasteiger partial charge >= 0.3 is 0 Å². The van der Waals surface area contributed by atoms with Gasteiger partial charge < -0.3 is 0 Å². The number of hydrogen-bond donors (Lipinski definition) is 0. The van der Waals surface area contributed by atoms with Gasteiger partial charge in [0.05, 0.1) is 17.2 Å². The van der Waals surface area contributed by atoms with Gasteiger partial charge in [0.25, 0.3) is 5.56 Å². The van der Waals surface area contributed by atoms with Crippen LogP contribution in [0.2, 0.25) is 0 Å². The van der Waals surface area contributed by atoms with Gasteiger partial charge in [-0.05, 0) is 19.1 Å². The van der Waals surface area contributed by atoms with Crippen LogP contribution in [0, 0.1) is 6.92 Å². The largest absolute Gasteiger partial charge is 0.292 e. The Morgan fingerprint density at radius 3 is 2.96 bits per heavy atom. The maximum absolute atomic E-state index is 12.6. The molecule has 0 saturated heterocycles. The number of fused-ring (bicyclic) bond motifs is 1. The van der Waals surface area contributed by atoms with Crippen molar-refractivity contribution >= 4 is 33.0 Å². The van der Waals surface area contributed by atoms with Crippen molar-refractivity contribution in [1.82, 2.24) is 24.5 Å². The number of thiazole rings is 2. The minimum Gasteiger partial charge on any atom is -0.292 e. The Morgan fingerprint density at radius 1 is 1.30 bits per heavy atom. The van der Waals surface area contributed by atoms with Gasteiger partial charge in [-0.2, -0.15) is 0 Å². The van der Waals surface area contributed by atoms with Gasteiger partial charge in [0, 0.05) is 23.3 Å². The van der Waals surface area contributed by atoms with E-state index in [1.807, 2.05) is 24.4 Å². The van der Waals surface area contributed by atoms with E-state index in [4.69, 9.17) is 0 Å². The van der Waals surface area contributed by atoms with Crippen LogP contribution in [0.1, 0.15) is 10.7 Å². The molecule has 0 fully saturated rings. The molecule has 0 atom stereocenters. The van der Waals surface area contributed by atoms with Crippen LogP contribution in [0.3, 0.4) is 0 Å². The molecule has 6 nitrogen and oxygen atoms in total. The number of hydrogen-bond acceptors (Lipinski definition) is 7. The minimum absolute atomic E-state index is 0.0895. The standard InChI is InChI=1S/C15H11N5OS2/c1-9-18-11(7-22-9)6-20-8-17-13-12(15(20)21)23-14(19-13)10-3-2-4-16-5-10/h2-5,7-8H,6H2,1H3. The van der Waals surface area contributed by atoms with E-state index < -0.39 is 0 Å². The SMILES string of the molecule is Cc1nc(Cn2cnc3nc(-c4cccnc4)sc3c2=O)cs1. The van der Waals surface area contributed by atoms with E-state index >= 15 is 0 Å². The maximum Gasteiger partial charge on any atom is 0.273 e. The van der Waals surface area contributed by atoms with Gasteiger partial charge in [-0.3, -0.25) is 14.3 Å². The van der Waals surface area contributed by atoms with Crippen molar-refractivity contribution in [3.8, 4) is 10.6 Å². The summed E-state index contributed by atoms with van der Waals surface area (Å²) < 4.78 is 2.13. The van der Waals surface area contributed by atoms with Crippen molar-refractivity contribution in [3.63, 3.8) is 0 Å². The van der Waals surface area contributed by atoms with Gasteiger partial charge in [0.1, 0.15) is 16.0 Å². The lowest BCUT2D eigenvalue weighted by molar-refractivity contribution is 0.733. The first-order chi connectivity index (χ1) is 11.2. The molecular formula is C15H11N5OS2. The molecule has 0 aliphatic heterocycles. The van der Waals surface area contributed by atoms with Crippen LogP contribution in [0.4, 0.5) is 0 Å². The summed E-state index contributed by atoms with van der Waals surface area (Å²) in [5, 5.41) is 3.69. The molecule has 114 valence electrons. The predicted molar refractivity (Wildman–Crippen MR) is 90.9 cm³/mol. The zero-order chi connectivity index (χ0) is 15.8. The van der Waals surface area contributed by atoms with E-state index in [1.165, 1.54) is 17.7 Å². The van der Waals surface area contributed by atoms with Gasteiger partial charge in [-0.15, -0.1) is 22.7 Å². The van der Waals surface area contributed by atoms with Gasteiger partial charge in [0.2, 0.25) is 0 Å². The molecule has 4 rings (SSSR count). The first-order valence-electron chi connectivity index (χ1n) is 6.88. The van der Waals surface area contributed by atoms with E-state index in [0.29, 0.717) is 16.9 Å².